The number of esters is 1. The third-order valence-electron chi connectivity index (χ3n) is 3.38. The third kappa shape index (κ3) is 3.17. The van der Waals surface area contributed by atoms with E-state index in [0.717, 1.165) is 5.56 Å². The summed E-state index contributed by atoms with van der Waals surface area (Å²) in [4.78, 5) is 12.1. The zero-order chi connectivity index (χ0) is 16.9. The van der Waals surface area contributed by atoms with E-state index in [1.54, 1.807) is 49.8 Å². The van der Waals surface area contributed by atoms with Crippen LogP contribution in [0.2, 0.25) is 0 Å². The maximum atomic E-state index is 12.4. The van der Waals surface area contributed by atoms with Gasteiger partial charge < -0.3 is 4.74 Å². The normalized spacial score (nSPS) is 10.8. The number of ether oxygens (including phenoxy) is 1. The van der Waals surface area contributed by atoms with Gasteiger partial charge in [0.1, 0.15) is 12.4 Å². The molecule has 0 bridgehead atoms. The molecule has 0 spiro atoms. The molecule has 0 saturated carbocycles. The molecule has 0 saturated heterocycles. The predicted octanol–water partition coefficient (Wildman–Crippen LogP) is 2.28. The van der Waals surface area contributed by atoms with Crippen LogP contribution in [0.5, 0.6) is 0 Å². The predicted molar refractivity (Wildman–Crippen MR) is 84.5 cm³/mol. The summed E-state index contributed by atoms with van der Waals surface area (Å²) < 4.78 is 20.4. The fourth-order valence-corrected chi connectivity index (χ4v) is 2.27. The molecule has 124 valence electrons. The van der Waals surface area contributed by atoms with Crippen molar-refractivity contribution in [3.63, 3.8) is 0 Å². The molecule has 24 heavy (non-hydrogen) atoms. The molecule has 2 aromatic heterocycles. The molecule has 3 aromatic rings. The molecule has 8 heteroatoms. The maximum absolute atomic E-state index is 12.4. The molecule has 0 aliphatic carbocycles. The standard InChI is InChI=1S/C16H16FN5O2/c1-2-24-16(23)13-5-3-4-6-15(13)22-11-14(19-20-22)12-9-18-21(10-12)8-7-17/h3-6,9-11H,2,7-8H2,1H3. The van der Waals surface area contributed by atoms with Crippen molar-refractivity contribution in [2.75, 3.05) is 13.3 Å². The Kier molecular flexibility index (Phi) is 4.64. The van der Waals surface area contributed by atoms with Gasteiger partial charge in [-0.05, 0) is 19.1 Å². The van der Waals surface area contributed by atoms with E-state index in [1.165, 1.54) is 9.36 Å². The van der Waals surface area contributed by atoms with Crippen molar-refractivity contribution in [2.24, 2.45) is 0 Å². The number of carbonyl (C=O) groups is 1. The molecule has 2 heterocycles. The van der Waals surface area contributed by atoms with Gasteiger partial charge >= 0.3 is 5.97 Å². The van der Waals surface area contributed by atoms with Gasteiger partial charge in [0, 0.05) is 11.8 Å². The molecule has 0 N–H and O–H groups in total. The van der Waals surface area contributed by atoms with E-state index < -0.39 is 12.6 Å². The van der Waals surface area contributed by atoms with Gasteiger partial charge in [0.15, 0.2) is 0 Å². The van der Waals surface area contributed by atoms with Crippen molar-refractivity contribution in [1.82, 2.24) is 24.8 Å². The average molecular weight is 329 g/mol. The molecule has 0 amide bonds. The minimum absolute atomic E-state index is 0.194. The van der Waals surface area contributed by atoms with Gasteiger partial charge in [0.2, 0.25) is 0 Å². The third-order valence-corrected chi connectivity index (χ3v) is 3.38. The number of aryl methyl sites for hydroxylation is 1. The molecular formula is C16H16FN5O2. The SMILES string of the molecule is CCOC(=O)c1ccccc1-n1cc(-c2cnn(CCF)c2)nn1. The van der Waals surface area contributed by atoms with E-state index in [-0.39, 0.29) is 6.54 Å². The lowest BCUT2D eigenvalue weighted by atomic mass is 10.2. The Morgan fingerprint density at radius 1 is 1.29 bits per heavy atom. The van der Waals surface area contributed by atoms with Crippen molar-refractivity contribution in [1.29, 1.82) is 0 Å². The number of para-hydroxylation sites is 1. The molecular weight excluding hydrogens is 313 g/mol. The van der Waals surface area contributed by atoms with Crippen molar-refractivity contribution < 1.29 is 13.9 Å². The summed E-state index contributed by atoms with van der Waals surface area (Å²) in [5.41, 5.74) is 2.29. The molecule has 0 fully saturated rings. The van der Waals surface area contributed by atoms with Crippen LogP contribution in [-0.4, -0.2) is 44.0 Å². The minimum atomic E-state index is -0.485. The minimum Gasteiger partial charge on any atom is -0.462 e. The second kappa shape index (κ2) is 7.03. The molecule has 3 rings (SSSR count). The molecule has 0 aliphatic heterocycles. The Bertz CT molecular complexity index is 842. The van der Waals surface area contributed by atoms with Gasteiger partial charge in [0.25, 0.3) is 0 Å². The highest BCUT2D eigenvalue weighted by atomic mass is 19.1. The first kappa shape index (κ1) is 15.9. The van der Waals surface area contributed by atoms with Crippen LogP contribution < -0.4 is 0 Å². The lowest BCUT2D eigenvalue weighted by molar-refractivity contribution is 0.0526. The average Bonchev–Trinajstić information content (AvgIpc) is 3.24. The number of hydrogen-bond donors (Lipinski definition) is 0. The molecule has 0 radical (unpaired) electrons. The van der Waals surface area contributed by atoms with Crippen molar-refractivity contribution in [2.45, 2.75) is 13.5 Å². The van der Waals surface area contributed by atoms with Crippen LogP contribution >= 0.6 is 0 Å². The number of carbonyl (C=O) groups excluding carboxylic acids is 1. The monoisotopic (exact) mass is 329 g/mol. The number of rotatable bonds is 6. The first-order valence-electron chi connectivity index (χ1n) is 7.50. The number of nitrogens with zero attached hydrogens (tertiary/aromatic N) is 5. The second-order valence-corrected chi connectivity index (χ2v) is 4.97. The van der Waals surface area contributed by atoms with Gasteiger partial charge in [-0.25, -0.2) is 13.9 Å². The van der Waals surface area contributed by atoms with Crippen LogP contribution in [-0.2, 0) is 11.3 Å². The first-order valence-corrected chi connectivity index (χ1v) is 7.50. The van der Waals surface area contributed by atoms with Crippen LogP contribution in [0, 0.1) is 0 Å². The van der Waals surface area contributed by atoms with Gasteiger partial charge in [-0.1, -0.05) is 17.3 Å². The lowest BCUT2D eigenvalue weighted by Gasteiger charge is -2.07. The van der Waals surface area contributed by atoms with Crippen LogP contribution in [0.4, 0.5) is 4.39 Å². The summed E-state index contributed by atoms with van der Waals surface area (Å²) in [5.74, 6) is -0.416. The quantitative estimate of drug-likeness (QED) is 0.649. The lowest BCUT2D eigenvalue weighted by Crippen LogP contribution is -2.09. The summed E-state index contributed by atoms with van der Waals surface area (Å²) in [5, 5.41) is 12.2. The maximum Gasteiger partial charge on any atom is 0.340 e. The van der Waals surface area contributed by atoms with Crippen LogP contribution in [0.3, 0.4) is 0 Å². The van der Waals surface area contributed by atoms with Crippen LogP contribution in [0.1, 0.15) is 17.3 Å². The number of hydrogen-bond acceptors (Lipinski definition) is 5. The second-order valence-electron chi connectivity index (χ2n) is 4.97. The summed E-state index contributed by atoms with van der Waals surface area (Å²) in [7, 11) is 0. The van der Waals surface area contributed by atoms with Crippen molar-refractivity contribution in [3.05, 3.63) is 48.4 Å². The van der Waals surface area contributed by atoms with Gasteiger partial charge in [-0.3, -0.25) is 4.68 Å². The van der Waals surface area contributed by atoms with Crippen LogP contribution in [0.25, 0.3) is 16.9 Å². The van der Waals surface area contributed by atoms with E-state index in [0.29, 0.717) is 23.6 Å². The number of benzene rings is 1. The zero-order valence-electron chi connectivity index (χ0n) is 13.1. The summed E-state index contributed by atoms with van der Waals surface area (Å²) in [6, 6.07) is 7.00. The van der Waals surface area contributed by atoms with Gasteiger partial charge in [0.05, 0.1) is 36.8 Å². The topological polar surface area (TPSA) is 74.8 Å². The molecule has 0 atom stereocenters. The Hall–Kier alpha value is -3.03. The highest BCUT2D eigenvalue weighted by molar-refractivity contribution is 5.93. The Balaban J connectivity index is 1.92. The zero-order valence-corrected chi connectivity index (χ0v) is 13.1. The van der Waals surface area contributed by atoms with E-state index in [4.69, 9.17) is 4.74 Å². The van der Waals surface area contributed by atoms with E-state index >= 15 is 0 Å². The number of alkyl halides is 1. The Morgan fingerprint density at radius 3 is 2.92 bits per heavy atom. The molecule has 1 aromatic carbocycles. The largest absolute Gasteiger partial charge is 0.462 e. The summed E-state index contributed by atoms with van der Waals surface area (Å²) in [6.45, 7) is 1.76. The van der Waals surface area contributed by atoms with E-state index in [9.17, 15) is 9.18 Å². The smallest absolute Gasteiger partial charge is 0.340 e. The van der Waals surface area contributed by atoms with Crippen molar-refractivity contribution in [3.8, 4) is 16.9 Å². The Labute approximate surface area is 137 Å². The fraction of sp³-hybridized carbons (Fsp3) is 0.250. The summed E-state index contributed by atoms with van der Waals surface area (Å²) in [6.07, 6.45) is 4.99. The number of aromatic nitrogens is 5. The molecule has 0 unspecified atom stereocenters. The molecule has 7 nitrogen and oxygen atoms in total. The van der Waals surface area contributed by atoms with E-state index in [2.05, 4.69) is 15.4 Å². The van der Waals surface area contributed by atoms with Gasteiger partial charge in [-0.2, -0.15) is 5.10 Å². The van der Waals surface area contributed by atoms with E-state index in [1.807, 2.05) is 0 Å². The van der Waals surface area contributed by atoms with Gasteiger partial charge in [-0.15, -0.1) is 5.10 Å². The highest BCUT2D eigenvalue weighted by Crippen LogP contribution is 2.19. The highest BCUT2D eigenvalue weighted by Gasteiger charge is 2.15. The number of halogens is 1. The summed E-state index contributed by atoms with van der Waals surface area (Å²) >= 11 is 0. The molecule has 0 aliphatic rings. The fourth-order valence-electron chi connectivity index (χ4n) is 2.27. The van der Waals surface area contributed by atoms with Crippen LogP contribution in [0.15, 0.2) is 42.9 Å². The Morgan fingerprint density at radius 2 is 2.12 bits per heavy atom. The van der Waals surface area contributed by atoms with Crippen molar-refractivity contribution >= 4 is 5.97 Å². The first-order chi connectivity index (χ1) is 11.7.